The van der Waals surface area contributed by atoms with Gasteiger partial charge in [-0.15, -0.1) is 0 Å². The van der Waals surface area contributed by atoms with Crippen molar-refractivity contribution in [2.75, 3.05) is 19.0 Å². The third kappa shape index (κ3) is 4.48. The maximum atomic E-state index is 12.1. The van der Waals surface area contributed by atoms with E-state index in [1.807, 2.05) is 0 Å². The fourth-order valence-corrected chi connectivity index (χ4v) is 2.40. The quantitative estimate of drug-likeness (QED) is 0.725. The van der Waals surface area contributed by atoms with E-state index in [0.717, 1.165) is 30.7 Å². The van der Waals surface area contributed by atoms with Crippen molar-refractivity contribution in [2.45, 2.75) is 32.6 Å². The van der Waals surface area contributed by atoms with Gasteiger partial charge in [0.05, 0.1) is 18.9 Å². The molecule has 1 aliphatic carbocycles. The molecule has 0 radical (unpaired) electrons. The molecular weight excluding hydrogens is 280 g/mol. The second-order valence-electron chi connectivity index (χ2n) is 5.66. The smallest absolute Gasteiger partial charge is 0.228 e. The van der Waals surface area contributed by atoms with E-state index >= 15 is 0 Å². The van der Waals surface area contributed by atoms with Gasteiger partial charge >= 0.3 is 0 Å². The highest BCUT2D eigenvalue weighted by atomic mass is 16.5. The van der Waals surface area contributed by atoms with Crippen LogP contribution in [0.15, 0.2) is 24.3 Å². The minimum atomic E-state index is -0.201. The predicted octanol–water partition coefficient (Wildman–Crippen LogP) is 2.58. The summed E-state index contributed by atoms with van der Waals surface area (Å²) >= 11 is 0. The number of ether oxygens (including phenoxy) is 1. The molecule has 1 aromatic carbocycles. The molecule has 0 aromatic heterocycles. The molecule has 1 aliphatic rings. The highest BCUT2D eigenvalue weighted by molar-refractivity contribution is 5.99. The molecule has 1 fully saturated rings. The average molecular weight is 304 g/mol. The van der Waals surface area contributed by atoms with Crippen LogP contribution in [0.3, 0.4) is 0 Å². The van der Waals surface area contributed by atoms with Gasteiger partial charge in [-0.3, -0.25) is 9.59 Å². The van der Waals surface area contributed by atoms with E-state index in [9.17, 15) is 9.59 Å². The molecule has 120 valence electrons. The SMILES string of the molecule is CCCCCNC(=O)C1CC1C(=O)Nc1ccc(OC)cc1. The van der Waals surface area contributed by atoms with Crippen molar-refractivity contribution in [3.8, 4) is 5.75 Å². The summed E-state index contributed by atoms with van der Waals surface area (Å²) in [6, 6.07) is 7.17. The molecule has 2 atom stereocenters. The Bertz CT molecular complexity index is 513. The number of rotatable bonds is 8. The summed E-state index contributed by atoms with van der Waals surface area (Å²) in [5.41, 5.74) is 0.722. The van der Waals surface area contributed by atoms with E-state index in [1.165, 1.54) is 0 Å². The molecule has 0 saturated heterocycles. The summed E-state index contributed by atoms with van der Waals surface area (Å²) in [6.45, 7) is 2.83. The van der Waals surface area contributed by atoms with Gasteiger partial charge in [-0.2, -0.15) is 0 Å². The maximum absolute atomic E-state index is 12.1. The van der Waals surface area contributed by atoms with Crippen LogP contribution in [-0.4, -0.2) is 25.5 Å². The van der Waals surface area contributed by atoms with E-state index in [-0.39, 0.29) is 23.7 Å². The highest BCUT2D eigenvalue weighted by Gasteiger charge is 2.47. The topological polar surface area (TPSA) is 67.4 Å². The Morgan fingerprint density at radius 2 is 1.82 bits per heavy atom. The number of carbonyl (C=O) groups excluding carboxylic acids is 2. The summed E-state index contributed by atoms with van der Waals surface area (Å²) in [5, 5.41) is 5.75. The Morgan fingerprint density at radius 3 is 2.45 bits per heavy atom. The highest BCUT2D eigenvalue weighted by Crippen LogP contribution is 2.39. The lowest BCUT2D eigenvalue weighted by molar-refractivity contribution is -0.125. The van der Waals surface area contributed by atoms with Crippen molar-refractivity contribution in [1.82, 2.24) is 5.32 Å². The second-order valence-corrected chi connectivity index (χ2v) is 5.66. The first-order valence-corrected chi connectivity index (χ1v) is 7.88. The van der Waals surface area contributed by atoms with Crippen LogP contribution in [0.4, 0.5) is 5.69 Å². The summed E-state index contributed by atoms with van der Waals surface area (Å²) in [5.74, 6) is 0.298. The molecule has 1 saturated carbocycles. The molecule has 2 N–H and O–H groups in total. The molecule has 22 heavy (non-hydrogen) atoms. The molecule has 5 nitrogen and oxygen atoms in total. The molecule has 0 aliphatic heterocycles. The van der Waals surface area contributed by atoms with Gasteiger partial charge in [0.1, 0.15) is 5.75 Å². The third-order valence-electron chi connectivity index (χ3n) is 3.90. The number of amides is 2. The van der Waals surface area contributed by atoms with Crippen LogP contribution in [0.1, 0.15) is 32.6 Å². The van der Waals surface area contributed by atoms with Crippen LogP contribution in [0, 0.1) is 11.8 Å². The molecule has 1 aromatic rings. The molecule has 0 bridgehead atoms. The van der Waals surface area contributed by atoms with Crippen LogP contribution >= 0.6 is 0 Å². The monoisotopic (exact) mass is 304 g/mol. The zero-order valence-electron chi connectivity index (χ0n) is 13.2. The summed E-state index contributed by atoms with van der Waals surface area (Å²) in [6.07, 6.45) is 3.89. The van der Waals surface area contributed by atoms with E-state index in [2.05, 4.69) is 17.6 Å². The summed E-state index contributed by atoms with van der Waals surface area (Å²) < 4.78 is 5.07. The van der Waals surface area contributed by atoms with Crippen molar-refractivity contribution in [3.05, 3.63) is 24.3 Å². The van der Waals surface area contributed by atoms with Crippen molar-refractivity contribution >= 4 is 17.5 Å². The Labute approximate surface area is 131 Å². The zero-order chi connectivity index (χ0) is 15.9. The van der Waals surface area contributed by atoms with Gasteiger partial charge in [0, 0.05) is 12.2 Å². The number of benzene rings is 1. The molecule has 2 unspecified atom stereocenters. The fourth-order valence-electron chi connectivity index (χ4n) is 2.40. The van der Waals surface area contributed by atoms with Crippen LogP contribution in [0.5, 0.6) is 5.75 Å². The van der Waals surface area contributed by atoms with Crippen LogP contribution < -0.4 is 15.4 Å². The van der Waals surface area contributed by atoms with E-state index in [4.69, 9.17) is 4.74 Å². The number of hydrogen-bond donors (Lipinski definition) is 2. The molecule has 2 rings (SSSR count). The van der Waals surface area contributed by atoms with Crippen molar-refractivity contribution < 1.29 is 14.3 Å². The van der Waals surface area contributed by atoms with Crippen LogP contribution in [0.25, 0.3) is 0 Å². The minimum absolute atomic E-state index is 0.00554. The first-order valence-electron chi connectivity index (χ1n) is 7.88. The standard InChI is InChI=1S/C17H24N2O3/c1-3-4-5-10-18-16(20)14-11-15(14)17(21)19-12-6-8-13(22-2)9-7-12/h6-9,14-15H,3-5,10-11H2,1-2H3,(H,18,20)(H,19,21). The Morgan fingerprint density at radius 1 is 1.14 bits per heavy atom. The zero-order valence-corrected chi connectivity index (χ0v) is 13.2. The van der Waals surface area contributed by atoms with Crippen molar-refractivity contribution in [3.63, 3.8) is 0 Å². The van der Waals surface area contributed by atoms with Crippen molar-refractivity contribution in [2.24, 2.45) is 11.8 Å². The second kappa shape index (κ2) is 7.82. The third-order valence-corrected chi connectivity index (χ3v) is 3.90. The van der Waals surface area contributed by atoms with Gasteiger partial charge in [-0.25, -0.2) is 0 Å². The lowest BCUT2D eigenvalue weighted by atomic mass is 10.2. The van der Waals surface area contributed by atoms with Gasteiger partial charge in [0.2, 0.25) is 11.8 Å². The number of hydrogen-bond acceptors (Lipinski definition) is 3. The molecule has 0 spiro atoms. The van der Waals surface area contributed by atoms with E-state index in [0.29, 0.717) is 13.0 Å². The van der Waals surface area contributed by atoms with E-state index in [1.54, 1.807) is 31.4 Å². The number of carbonyl (C=O) groups is 2. The summed E-state index contributed by atoms with van der Waals surface area (Å²) in [4.78, 5) is 24.0. The van der Waals surface area contributed by atoms with Gasteiger partial charge in [-0.05, 0) is 37.1 Å². The number of methoxy groups -OCH3 is 1. The van der Waals surface area contributed by atoms with Gasteiger partial charge < -0.3 is 15.4 Å². The van der Waals surface area contributed by atoms with Crippen LogP contribution in [-0.2, 0) is 9.59 Å². The first-order chi connectivity index (χ1) is 10.7. The van der Waals surface area contributed by atoms with Gasteiger partial charge in [0.25, 0.3) is 0 Å². The average Bonchev–Trinajstić information content (AvgIpc) is 3.33. The predicted molar refractivity (Wildman–Crippen MR) is 85.8 cm³/mol. The lowest BCUT2D eigenvalue weighted by Gasteiger charge is -2.07. The molecular formula is C17H24N2O3. The maximum Gasteiger partial charge on any atom is 0.228 e. The minimum Gasteiger partial charge on any atom is -0.497 e. The van der Waals surface area contributed by atoms with Gasteiger partial charge in [0.15, 0.2) is 0 Å². The Balaban J connectivity index is 1.74. The Kier molecular flexibility index (Phi) is 5.81. The largest absolute Gasteiger partial charge is 0.497 e. The normalized spacial score (nSPS) is 19.4. The Hall–Kier alpha value is -2.04. The van der Waals surface area contributed by atoms with Crippen molar-refractivity contribution in [1.29, 1.82) is 0 Å². The number of unbranched alkanes of at least 4 members (excludes halogenated alkanes) is 2. The first kappa shape index (κ1) is 16.3. The van der Waals surface area contributed by atoms with Gasteiger partial charge in [-0.1, -0.05) is 19.8 Å². The number of anilines is 1. The fraction of sp³-hybridized carbons (Fsp3) is 0.529. The van der Waals surface area contributed by atoms with E-state index < -0.39 is 0 Å². The molecule has 2 amide bonds. The lowest BCUT2D eigenvalue weighted by Crippen LogP contribution is -2.28. The number of nitrogens with one attached hydrogen (secondary N) is 2. The molecule has 0 heterocycles. The van der Waals surface area contributed by atoms with Crippen LogP contribution in [0.2, 0.25) is 0 Å². The summed E-state index contributed by atoms with van der Waals surface area (Å²) in [7, 11) is 1.60. The molecule has 5 heteroatoms.